The molecule has 6 rings (SSSR count). The Morgan fingerprint density at radius 3 is 2.64 bits per heavy atom. The molecule has 182 valence electrons. The molecule has 1 aliphatic heterocycles. The SMILES string of the molecule is O=C(COc1ccc(Cl)c(F)c1)NC12CC(N3CC(C4CC(OC(F)(F)F)C4)OC3O)(C1)C2. The van der Waals surface area contributed by atoms with Gasteiger partial charge in [-0.15, -0.1) is 13.2 Å². The first-order valence-electron chi connectivity index (χ1n) is 10.7. The van der Waals surface area contributed by atoms with Crippen LogP contribution in [-0.4, -0.2) is 65.1 Å². The first-order valence-corrected chi connectivity index (χ1v) is 11.1. The molecule has 7 nitrogen and oxygen atoms in total. The lowest BCUT2D eigenvalue weighted by Gasteiger charge is -2.73. The smallest absolute Gasteiger partial charge is 0.484 e. The number of nitrogens with zero attached hydrogens (tertiary/aromatic N) is 1. The maximum absolute atomic E-state index is 13.5. The topological polar surface area (TPSA) is 80.3 Å². The largest absolute Gasteiger partial charge is 0.522 e. The highest BCUT2D eigenvalue weighted by molar-refractivity contribution is 6.30. The molecule has 1 amide bonds. The molecule has 0 radical (unpaired) electrons. The summed E-state index contributed by atoms with van der Waals surface area (Å²) in [5, 5.41) is 13.3. The van der Waals surface area contributed by atoms with Crippen molar-refractivity contribution in [3.8, 4) is 5.75 Å². The van der Waals surface area contributed by atoms with Gasteiger partial charge in [-0.2, -0.15) is 0 Å². The fourth-order valence-corrected chi connectivity index (χ4v) is 5.78. The van der Waals surface area contributed by atoms with Crippen molar-refractivity contribution in [2.45, 2.75) is 68.2 Å². The van der Waals surface area contributed by atoms with Crippen molar-refractivity contribution in [2.24, 2.45) is 5.92 Å². The molecule has 2 unspecified atom stereocenters. The summed E-state index contributed by atoms with van der Waals surface area (Å²) in [6.45, 7) is 0.163. The number of halogens is 5. The van der Waals surface area contributed by atoms with E-state index >= 15 is 0 Å². The Morgan fingerprint density at radius 2 is 2.00 bits per heavy atom. The van der Waals surface area contributed by atoms with Crippen LogP contribution in [0.3, 0.4) is 0 Å². The minimum Gasteiger partial charge on any atom is -0.484 e. The van der Waals surface area contributed by atoms with Crippen LogP contribution in [0.2, 0.25) is 5.02 Å². The summed E-state index contributed by atoms with van der Waals surface area (Å²) < 4.78 is 65.3. The van der Waals surface area contributed by atoms with Crippen molar-refractivity contribution in [1.82, 2.24) is 10.2 Å². The molecule has 0 spiro atoms. The zero-order chi connectivity index (χ0) is 23.6. The number of nitrogens with one attached hydrogen (secondary N) is 1. The van der Waals surface area contributed by atoms with Gasteiger partial charge in [0, 0.05) is 23.7 Å². The van der Waals surface area contributed by atoms with Gasteiger partial charge < -0.3 is 19.9 Å². The van der Waals surface area contributed by atoms with Crippen molar-refractivity contribution in [3.05, 3.63) is 29.0 Å². The van der Waals surface area contributed by atoms with Gasteiger partial charge in [-0.3, -0.25) is 9.53 Å². The van der Waals surface area contributed by atoms with Gasteiger partial charge in [-0.05, 0) is 50.2 Å². The normalized spacial score (nSPS) is 37.6. The van der Waals surface area contributed by atoms with Crippen LogP contribution >= 0.6 is 11.6 Å². The van der Waals surface area contributed by atoms with E-state index in [0.717, 1.165) is 6.07 Å². The Labute approximate surface area is 191 Å². The van der Waals surface area contributed by atoms with E-state index < -0.39 is 24.7 Å². The number of aliphatic hydroxyl groups is 1. The molecule has 2 N–H and O–H groups in total. The molecular weight excluding hydrogens is 472 g/mol. The van der Waals surface area contributed by atoms with Crippen LogP contribution in [-0.2, 0) is 14.3 Å². The van der Waals surface area contributed by atoms with Crippen molar-refractivity contribution in [3.63, 3.8) is 0 Å². The number of alkyl halides is 3. The van der Waals surface area contributed by atoms with E-state index in [1.54, 1.807) is 0 Å². The maximum Gasteiger partial charge on any atom is 0.522 e. The van der Waals surface area contributed by atoms with E-state index in [4.69, 9.17) is 21.1 Å². The second-order valence-electron chi connectivity index (χ2n) is 9.52. The standard InChI is InChI=1S/C21H23ClF4N2O5/c22-14-2-1-12(5-15(14)23)31-7-17(29)27-19-8-20(9-19,10-19)28-6-16(32-18(28)30)11-3-13(4-11)33-21(24,25)26/h1-2,5,11,13,16,18,30H,3-4,6-10H2,(H,27,29). The van der Waals surface area contributed by atoms with Gasteiger partial charge in [-0.1, -0.05) is 11.6 Å². The highest BCUT2D eigenvalue weighted by Gasteiger charge is 2.72. The lowest BCUT2D eigenvalue weighted by atomic mass is 9.43. The summed E-state index contributed by atoms with van der Waals surface area (Å²) in [5.74, 6) is -0.859. The minimum atomic E-state index is -4.64. The lowest BCUT2D eigenvalue weighted by Crippen LogP contribution is -2.84. The van der Waals surface area contributed by atoms with Crippen LogP contribution in [0.5, 0.6) is 5.75 Å². The summed E-state index contributed by atoms with van der Waals surface area (Å²) in [7, 11) is 0. The first-order chi connectivity index (χ1) is 15.5. The average Bonchev–Trinajstić information content (AvgIpc) is 3.01. The molecule has 33 heavy (non-hydrogen) atoms. The highest BCUT2D eigenvalue weighted by Crippen LogP contribution is 2.64. The fraction of sp³-hybridized carbons (Fsp3) is 0.667. The second kappa shape index (κ2) is 7.94. The van der Waals surface area contributed by atoms with Crippen molar-refractivity contribution in [2.75, 3.05) is 13.2 Å². The zero-order valence-electron chi connectivity index (χ0n) is 17.4. The Morgan fingerprint density at radius 1 is 1.30 bits per heavy atom. The molecular formula is C21H23ClF4N2O5. The summed E-state index contributed by atoms with van der Waals surface area (Å²) >= 11 is 5.62. The molecule has 1 heterocycles. The predicted octanol–water partition coefficient (Wildman–Crippen LogP) is 2.94. The van der Waals surface area contributed by atoms with Crippen LogP contribution in [0.1, 0.15) is 32.1 Å². The molecule has 5 aliphatic rings. The molecule has 12 heteroatoms. The summed E-state index contributed by atoms with van der Waals surface area (Å²) in [6, 6.07) is 3.93. The summed E-state index contributed by atoms with van der Waals surface area (Å²) in [6.07, 6.45) is -4.56. The van der Waals surface area contributed by atoms with E-state index in [-0.39, 0.29) is 59.2 Å². The van der Waals surface area contributed by atoms with Gasteiger partial charge in [-0.25, -0.2) is 9.29 Å². The number of hydrogen-bond donors (Lipinski definition) is 2. The Hall–Kier alpha value is -1.66. The molecule has 2 bridgehead atoms. The molecule has 2 atom stereocenters. The van der Waals surface area contributed by atoms with Crippen LogP contribution in [0.25, 0.3) is 0 Å². The van der Waals surface area contributed by atoms with Crippen LogP contribution in [0.15, 0.2) is 18.2 Å². The Kier molecular flexibility index (Phi) is 5.56. The third-order valence-electron chi connectivity index (χ3n) is 7.17. The van der Waals surface area contributed by atoms with Crippen LogP contribution < -0.4 is 10.1 Å². The average molecular weight is 495 g/mol. The Bertz CT molecular complexity index is 922. The van der Waals surface area contributed by atoms with Crippen molar-refractivity contribution in [1.29, 1.82) is 0 Å². The molecule has 0 aromatic heterocycles. The minimum absolute atomic E-state index is 0.0342. The Balaban J connectivity index is 1.06. The van der Waals surface area contributed by atoms with Crippen LogP contribution in [0.4, 0.5) is 17.6 Å². The molecule has 1 aromatic carbocycles. The first kappa shape index (κ1) is 23.1. The number of carbonyl (C=O) groups is 1. The third-order valence-corrected chi connectivity index (χ3v) is 7.48. The van der Waals surface area contributed by atoms with E-state index in [0.29, 0.717) is 25.8 Å². The summed E-state index contributed by atoms with van der Waals surface area (Å²) in [4.78, 5) is 14.1. The summed E-state index contributed by atoms with van der Waals surface area (Å²) in [5.41, 5.74) is -0.654. The molecule has 1 saturated heterocycles. The molecule has 5 fully saturated rings. The quantitative estimate of drug-likeness (QED) is 0.567. The number of benzene rings is 1. The number of hydrogen-bond acceptors (Lipinski definition) is 6. The fourth-order valence-electron chi connectivity index (χ4n) is 5.66. The van der Waals surface area contributed by atoms with Gasteiger partial charge in [0.15, 0.2) is 6.61 Å². The lowest BCUT2D eigenvalue weighted by molar-refractivity contribution is -0.356. The van der Waals surface area contributed by atoms with Crippen molar-refractivity contribution >= 4 is 17.5 Å². The number of rotatable bonds is 7. The van der Waals surface area contributed by atoms with Crippen LogP contribution in [0, 0.1) is 11.7 Å². The molecule has 4 aliphatic carbocycles. The van der Waals surface area contributed by atoms with Gasteiger partial charge in [0.1, 0.15) is 11.6 Å². The number of aliphatic hydroxyl groups excluding tert-OH is 1. The van der Waals surface area contributed by atoms with E-state index in [1.165, 1.54) is 12.1 Å². The number of amides is 1. The van der Waals surface area contributed by atoms with Gasteiger partial charge >= 0.3 is 6.36 Å². The van der Waals surface area contributed by atoms with E-state index in [1.807, 2.05) is 4.90 Å². The zero-order valence-corrected chi connectivity index (χ0v) is 18.2. The highest BCUT2D eigenvalue weighted by atomic mass is 35.5. The molecule has 1 aromatic rings. The third kappa shape index (κ3) is 4.41. The predicted molar refractivity (Wildman–Crippen MR) is 106 cm³/mol. The van der Waals surface area contributed by atoms with Crippen molar-refractivity contribution < 1.29 is 41.7 Å². The van der Waals surface area contributed by atoms with E-state index in [2.05, 4.69) is 10.1 Å². The number of ether oxygens (including phenoxy) is 3. The van der Waals surface area contributed by atoms with E-state index in [9.17, 15) is 27.5 Å². The monoisotopic (exact) mass is 494 g/mol. The number of carbonyl (C=O) groups excluding carboxylic acids is 1. The van der Waals surface area contributed by atoms with Gasteiger partial charge in [0.25, 0.3) is 5.91 Å². The molecule has 4 saturated carbocycles. The van der Waals surface area contributed by atoms with Gasteiger partial charge in [0.2, 0.25) is 6.41 Å². The van der Waals surface area contributed by atoms with Gasteiger partial charge in [0.05, 0.1) is 17.2 Å². The maximum atomic E-state index is 13.5. The second-order valence-corrected chi connectivity index (χ2v) is 9.93.